The Morgan fingerprint density at radius 1 is 1.37 bits per heavy atom. The zero-order valence-electron chi connectivity index (χ0n) is 12.5. The molecule has 108 valence electrons. The Hall–Kier alpha value is -0.900. The monoisotopic (exact) mass is 265 g/mol. The Balaban J connectivity index is 1.76. The highest BCUT2D eigenvalue weighted by molar-refractivity contribution is 4.99. The maximum absolute atomic E-state index is 5.36. The van der Waals surface area contributed by atoms with Gasteiger partial charge in [0.1, 0.15) is 0 Å². The Morgan fingerprint density at radius 3 is 2.89 bits per heavy atom. The van der Waals surface area contributed by atoms with Gasteiger partial charge in [-0.3, -0.25) is 0 Å². The number of nitrogens with one attached hydrogen (secondary N) is 1. The standard InChI is InChI=1S/C15H27N3O/c1-4-12-7-8-13(10-12)15-17-14(19-18-15)6-5-9-16-11(2)3/h11-13,16H,4-10H2,1-3H3. The second-order valence-electron chi connectivity index (χ2n) is 6.04. The van der Waals surface area contributed by atoms with E-state index in [4.69, 9.17) is 4.52 Å². The Kier molecular flexibility index (Phi) is 5.37. The van der Waals surface area contributed by atoms with E-state index in [1.807, 2.05) is 0 Å². The summed E-state index contributed by atoms with van der Waals surface area (Å²) >= 11 is 0. The van der Waals surface area contributed by atoms with Crippen molar-refractivity contribution < 1.29 is 4.52 Å². The van der Waals surface area contributed by atoms with Crippen LogP contribution in [0.3, 0.4) is 0 Å². The molecule has 0 spiro atoms. The van der Waals surface area contributed by atoms with Crippen LogP contribution in [-0.4, -0.2) is 22.7 Å². The molecule has 19 heavy (non-hydrogen) atoms. The molecule has 4 heteroatoms. The average Bonchev–Trinajstić information content (AvgIpc) is 3.02. The fourth-order valence-corrected chi connectivity index (χ4v) is 2.85. The van der Waals surface area contributed by atoms with Gasteiger partial charge in [0.25, 0.3) is 0 Å². The van der Waals surface area contributed by atoms with Crippen molar-refractivity contribution in [1.29, 1.82) is 0 Å². The van der Waals surface area contributed by atoms with Crippen molar-refractivity contribution in [2.24, 2.45) is 5.92 Å². The van der Waals surface area contributed by atoms with Gasteiger partial charge in [0.05, 0.1) is 0 Å². The van der Waals surface area contributed by atoms with E-state index < -0.39 is 0 Å². The first-order chi connectivity index (χ1) is 9.19. The van der Waals surface area contributed by atoms with Gasteiger partial charge >= 0.3 is 0 Å². The predicted octanol–water partition coefficient (Wildman–Crippen LogP) is 3.29. The highest BCUT2D eigenvalue weighted by Crippen LogP contribution is 2.38. The van der Waals surface area contributed by atoms with Gasteiger partial charge in [-0.25, -0.2) is 0 Å². The molecule has 1 N–H and O–H groups in total. The molecule has 1 aromatic heterocycles. The molecule has 1 aliphatic carbocycles. The molecule has 1 saturated carbocycles. The van der Waals surface area contributed by atoms with Gasteiger partial charge in [-0.05, 0) is 38.1 Å². The number of rotatable bonds is 7. The largest absolute Gasteiger partial charge is 0.339 e. The van der Waals surface area contributed by atoms with Crippen molar-refractivity contribution in [2.75, 3.05) is 6.54 Å². The lowest BCUT2D eigenvalue weighted by Gasteiger charge is -2.05. The van der Waals surface area contributed by atoms with Crippen molar-refractivity contribution >= 4 is 0 Å². The van der Waals surface area contributed by atoms with E-state index >= 15 is 0 Å². The second kappa shape index (κ2) is 7.04. The van der Waals surface area contributed by atoms with Crippen molar-refractivity contribution in [3.05, 3.63) is 11.7 Å². The van der Waals surface area contributed by atoms with Gasteiger partial charge in [-0.1, -0.05) is 32.3 Å². The summed E-state index contributed by atoms with van der Waals surface area (Å²) in [5.41, 5.74) is 0. The quantitative estimate of drug-likeness (QED) is 0.769. The first-order valence-corrected chi connectivity index (χ1v) is 7.75. The minimum atomic E-state index is 0.538. The molecule has 1 heterocycles. The molecule has 4 nitrogen and oxygen atoms in total. The molecule has 2 unspecified atom stereocenters. The summed E-state index contributed by atoms with van der Waals surface area (Å²) in [5, 5.41) is 7.58. The number of aryl methyl sites for hydroxylation is 1. The van der Waals surface area contributed by atoms with Crippen LogP contribution in [0.15, 0.2) is 4.52 Å². The third kappa shape index (κ3) is 4.30. The summed E-state index contributed by atoms with van der Waals surface area (Å²) in [7, 11) is 0. The van der Waals surface area contributed by atoms with Crippen LogP contribution < -0.4 is 5.32 Å². The maximum Gasteiger partial charge on any atom is 0.226 e. The molecule has 2 rings (SSSR count). The topological polar surface area (TPSA) is 51.0 Å². The van der Waals surface area contributed by atoms with Crippen LogP contribution in [0, 0.1) is 5.92 Å². The lowest BCUT2D eigenvalue weighted by molar-refractivity contribution is 0.364. The predicted molar refractivity (Wildman–Crippen MR) is 76.1 cm³/mol. The van der Waals surface area contributed by atoms with Crippen LogP contribution in [0.4, 0.5) is 0 Å². The van der Waals surface area contributed by atoms with Gasteiger partial charge in [0.2, 0.25) is 5.89 Å². The molecular weight excluding hydrogens is 238 g/mol. The van der Waals surface area contributed by atoms with Crippen molar-refractivity contribution in [3.8, 4) is 0 Å². The fourth-order valence-electron chi connectivity index (χ4n) is 2.85. The zero-order valence-corrected chi connectivity index (χ0v) is 12.5. The first-order valence-electron chi connectivity index (χ1n) is 7.75. The van der Waals surface area contributed by atoms with E-state index in [2.05, 4.69) is 36.2 Å². The number of nitrogens with zero attached hydrogens (tertiary/aromatic N) is 2. The molecular formula is C15H27N3O. The van der Waals surface area contributed by atoms with E-state index in [0.29, 0.717) is 12.0 Å². The zero-order chi connectivity index (χ0) is 13.7. The summed E-state index contributed by atoms with van der Waals surface area (Å²) in [6.45, 7) is 7.61. The highest BCUT2D eigenvalue weighted by atomic mass is 16.5. The smallest absolute Gasteiger partial charge is 0.226 e. The number of hydrogen-bond acceptors (Lipinski definition) is 4. The van der Waals surface area contributed by atoms with Crippen LogP contribution in [0.5, 0.6) is 0 Å². The molecule has 0 saturated heterocycles. The summed E-state index contributed by atoms with van der Waals surface area (Å²) in [5.74, 6) is 3.15. The highest BCUT2D eigenvalue weighted by Gasteiger charge is 2.28. The van der Waals surface area contributed by atoms with E-state index in [9.17, 15) is 0 Å². The van der Waals surface area contributed by atoms with E-state index in [1.165, 1.54) is 25.7 Å². The second-order valence-corrected chi connectivity index (χ2v) is 6.04. The van der Waals surface area contributed by atoms with Crippen molar-refractivity contribution in [1.82, 2.24) is 15.5 Å². The molecule has 0 bridgehead atoms. The van der Waals surface area contributed by atoms with Crippen LogP contribution in [0.1, 0.15) is 70.5 Å². The Labute approximate surface area is 116 Å². The Morgan fingerprint density at radius 2 is 2.21 bits per heavy atom. The minimum absolute atomic E-state index is 0.538. The van der Waals surface area contributed by atoms with Crippen LogP contribution in [-0.2, 0) is 6.42 Å². The van der Waals surface area contributed by atoms with Crippen molar-refractivity contribution in [2.45, 2.75) is 71.3 Å². The molecule has 0 aliphatic heterocycles. The van der Waals surface area contributed by atoms with Gasteiger partial charge in [-0.2, -0.15) is 4.98 Å². The van der Waals surface area contributed by atoms with Gasteiger partial charge in [0, 0.05) is 18.4 Å². The molecule has 1 aromatic rings. The maximum atomic E-state index is 5.36. The fraction of sp³-hybridized carbons (Fsp3) is 0.867. The molecule has 1 aliphatic rings. The van der Waals surface area contributed by atoms with Gasteiger partial charge in [0.15, 0.2) is 5.82 Å². The third-order valence-corrected chi connectivity index (χ3v) is 4.09. The summed E-state index contributed by atoms with van der Waals surface area (Å²) in [6, 6.07) is 0.544. The summed E-state index contributed by atoms with van der Waals surface area (Å²) < 4.78 is 5.36. The molecule has 0 amide bonds. The SMILES string of the molecule is CCC1CCC(c2noc(CCCNC(C)C)n2)C1. The van der Waals surface area contributed by atoms with E-state index in [-0.39, 0.29) is 0 Å². The minimum Gasteiger partial charge on any atom is -0.339 e. The summed E-state index contributed by atoms with van der Waals surface area (Å²) in [6.07, 6.45) is 7.01. The molecule has 2 atom stereocenters. The first kappa shape index (κ1) is 14.5. The van der Waals surface area contributed by atoms with Gasteiger partial charge in [-0.15, -0.1) is 0 Å². The van der Waals surface area contributed by atoms with Crippen LogP contribution in [0.25, 0.3) is 0 Å². The number of hydrogen-bond donors (Lipinski definition) is 1. The lowest BCUT2D eigenvalue weighted by atomic mass is 10.0. The lowest BCUT2D eigenvalue weighted by Crippen LogP contribution is -2.23. The molecule has 0 aromatic carbocycles. The molecule has 0 radical (unpaired) electrons. The number of aromatic nitrogens is 2. The molecule has 1 fully saturated rings. The van der Waals surface area contributed by atoms with E-state index in [1.54, 1.807) is 0 Å². The van der Waals surface area contributed by atoms with Crippen LogP contribution in [0.2, 0.25) is 0 Å². The third-order valence-electron chi connectivity index (χ3n) is 4.09. The Bertz CT molecular complexity index is 375. The van der Waals surface area contributed by atoms with Crippen molar-refractivity contribution in [3.63, 3.8) is 0 Å². The normalized spacial score (nSPS) is 23.4. The van der Waals surface area contributed by atoms with Crippen LogP contribution >= 0.6 is 0 Å². The van der Waals surface area contributed by atoms with Gasteiger partial charge < -0.3 is 9.84 Å². The average molecular weight is 265 g/mol. The van der Waals surface area contributed by atoms with E-state index in [0.717, 1.165) is 37.0 Å². The summed E-state index contributed by atoms with van der Waals surface area (Å²) in [4.78, 5) is 4.57.